The summed E-state index contributed by atoms with van der Waals surface area (Å²) >= 11 is 8.37. The van der Waals surface area contributed by atoms with E-state index >= 15 is 0 Å². The van der Waals surface area contributed by atoms with Crippen molar-refractivity contribution in [1.82, 2.24) is 0 Å². The lowest BCUT2D eigenvalue weighted by molar-refractivity contribution is -0.144. The Morgan fingerprint density at radius 3 is 2.55 bits per heavy atom. The van der Waals surface area contributed by atoms with E-state index in [9.17, 15) is 4.79 Å². The Hall–Kier alpha value is -0.850. The van der Waals surface area contributed by atoms with Crippen LogP contribution in [0.25, 0.3) is 0 Å². The number of halogens is 2. The highest BCUT2D eigenvalue weighted by Gasteiger charge is 2.25. The number of esters is 1. The number of hydrogen-bond acceptors (Lipinski definition) is 4. The first-order chi connectivity index (χ1) is 9.61. The van der Waals surface area contributed by atoms with Gasteiger partial charge < -0.3 is 10.1 Å². The van der Waals surface area contributed by atoms with Gasteiger partial charge in [-0.25, -0.2) is 4.79 Å². The Morgan fingerprint density at radius 1 is 1.30 bits per heavy atom. The number of carbonyl (C=O) groups excluding carboxylic acids is 1. The molecule has 0 radical (unpaired) electrons. The van der Waals surface area contributed by atoms with Crippen molar-refractivity contribution in [3.05, 3.63) is 49.5 Å². The van der Waals surface area contributed by atoms with Crippen LogP contribution < -0.4 is 5.32 Å². The van der Waals surface area contributed by atoms with Crippen LogP contribution in [0.4, 0.5) is 5.69 Å². The maximum atomic E-state index is 12.2. The lowest BCUT2D eigenvalue weighted by Gasteiger charge is -2.18. The highest BCUT2D eigenvalue weighted by Crippen LogP contribution is 2.32. The molecule has 2 aromatic rings. The third-order valence-corrected chi connectivity index (χ3v) is 5.05. The molecule has 3 nitrogen and oxygen atoms in total. The number of thiophene rings is 1. The van der Waals surface area contributed by atoms with Crippen LogP contribution in [0.2, 0.25) is 0 Å². The Labute approximate surface area is 138 Å². The molecule has 0 aliphatic heterocycles. The number of hydrogen-bond donors (Lipinski definition) is 1. The third-order valence-electron chi connectivity index (χ3n) is 2.58. The minimum Gasteiger partial charge on any atom is -0.464 e. The van der Waals surface area contributed by atoms with Crippen molar-refractivity contribution >= 4 is 54.9 Å². The van der Waals surface area contributed by atoms with Crippen LogP contribution in [-0.4, -0.2) is 12.6 Å². The predicted molar refractivity (Wildman–Crippen MR) is 89.2 cm³/mol. The van der Waals surface area contributed by atoms with Crippen molar-refractivity contribution in [3.8, 4) is 0 Å². The summed E-state index contributed by atoms with van der Waals surface area (Å²) in [5.41, 5.74) is 0.867. The highest BCUT2D eigenvalue weighted by atomic mass is 79.9. The fraction of sp³-hybridized carbons (Fsp3) is 0.214. The first-order valence-corrected chi connectivity index (χ1v) is 8.50. The molecular weight excluding hydrogens is 406 g/mol. The van der Waals surface area contributed by atoms with Gasteiger partial charge in [0.15, 0.2) is 6.04 Å². The second-order valence-electron chi connectivity index (χ2n) is 3.97. The summed E-state index contributed by atoms with van der Waals surface area (Å²) in [4.78, 5) is 13.1. The number of ether oxygens (including phenoxy) is 1. The molecule has 106 valence electrons. The van der Waals surface area contributed by atoms with Gasteiger partial charge in [0.05, 0.1) is 11.5 Å². The van der Waals surface area contributed by atoms with Crippen LogP contribution in [0.15, 0.2) is 44.7 Å². The van der Waals surface area contributed by atoms with E-state index in [-0.39, 0.29) is 5.97 Å². The van der Waals surface area contributed by atoms with Crippen LogP contribution in [-0.2, 0) is 9.53 Å². The van der Waals surface area contributed by atoms with Gasteiger partial charge in [0, 0.05) is 14.6 Å². The van der Waals surface area contributed by atoms with Crippen molar-refractivity contribution in [2.24, 2.45) is 0 Å². The summed E-state index contributed by atoms with van der Waals surface area (Å²) in [6.45, 7) is 2.17. The zero-order valence-electron chi connectivity index (χ0n) is 10.7. The fourth-order valence-corrected chi connectivity index (χ4v) is 3.58. The summed E-state index contributed by atoms with van der Waals surface area (Å²) in [5, 5.41) is 5.16. The molecule has 1 aromatic carbocycles. The number of nitrogens with one attached hydrogen (secondary N) is 1. The minimum absolute atomic E-state index is 0.279. The smallest absolute Gasteiger partial charge is 0.334 e. The van der Waals surface area contributed by atoms with Crippen molar-refractivity contribution in [2.45, 2.75) is 13.0 Å². The van der Waals surface area contributed by atoms with E-state index in [1.165, 1.54) is 11.3 Å². The van der Waals surface area contributed by atoms with Gasteiger partial charge >= 0.3 is 5.97 Å². The molecule has 0 spiro atoms. The van der Waals surface area contributed by atoms with E-state index in [4.69, 9.17) is 4.74 Å². The third kappa shape index (κ3) is 3.84. The number of benzene rings is 1. The monoisotopic (exact) mass is 417 g/mol. The normalized spacial score (nSPS) is 11.9. The van der Waals surface area contributed by atoms with Gasteiger partial charge in [-0.3, -0.25) is 0 Å². The van der Waals surface area contributed by atoms with Crippen molar-refractivity contribution in [1.29, 1.82) is 0 Å². The summed E-state index contributed by atoms with van der Waals surface area (Å²) in [6, 6.07) is 9.10. The molecular formula is C14H13Br2NO2S. The van der Waals surface area contributed by atoms with Gasteiger partial charge in [-0.15, -0.1) is 11.3 Å². The number of carbonyl (C=O) groups is 1. The molecule has 0 aliphatic rings. The molecule has 0 fully saturated rings. The van der Waals surface area contributed by atoms with Crippen molar-refractivity contribution in [3.63, 3.8) is 0 Å². The molecule has 0 aliphatic carbocycles. The maximum absolute atomic E-state index is 12.2. The SMILES string of the molecule is CCOC(=O)C(Nc1ccc(Br)cc1)c1sccc1Br. The molecule has 0 saturated carbocycles. The van der Waals surface area contributed by atoms with Gasteiger partial charge in [-0.1, -0.05) is 15.9 Å². The van der Waals surface area contributed by atoms with Gasteiger partial charge in [0.25, 0.3) is 0 Å². The van der Waals surface area contributed by atoms with E-state index in [1.54, 1.807) is 6.92 Å². The number of anilines is 1. The summed E-state index contributed by atoms with van der Waals surface area (Å²) < 4.78 is 7.06. The molecule has 20 heavy (non-hydrogen) atoms. The van der Waals surface area contributed by atoms with E-state index in [0.717, 1.165) is 19.5 Å². The maximum Gasteiger partial charge on any atom is 0.334 e. The van der Waals surface area contributed by atoms with E-state index in [1.807, 2.05) is 35.7 Å². The lowest BCUT2D eigenvalue weighted by atomic mass is 10.2. The molecule has 2 rings (SSSR count). The van der Waals surface area contributed by atoms with Gasteiger partial charge in [-0.05, 0) is 58.6 Å². The lowest BCUT2D eigenvalue weighted by Crippen LogP contribution is -2.22. The molecule has 1 heterocycles. The first kappa shape index (κ1) is 15.5. The Morgan fingerprint density at radius 2 is 2.00 bits per heavy atom. The topological polar surface area (TPSA) is 38.3 Å². The summed E-state index contributed by atoms with van der Waals surface area (Å²) in [7, 11) is 0. The largest absolute Gasteiger partial charge is 0.464 e. The summed E-state index contributed by atoms with van der Waals surface area (Å²) in [5.74, 6) is -0.279. The van der Waals surface area contributed by atoms with E-state index < -0.39 is 6.04 Å². The Kier molecular flexibility index (Phi) is 5.63. The predicted octanol–water partition coefficient (Wildman–Crippen LogP) is 4.99. The average molecular weight is 419 g/mol. The number of rotatable bonds is 5. The van der Waals surface area contributed by atoms with E-state index in [2.05, 4.69) is 37.2 Å². The molecule has 0 saturated heterocycles. The van der Waals surface area contributed by atoms with Crippen LogP contribution in [0, 0.1) is 0 Å². The van der Waals surface area contributed by atoms with Gasteiger partial charge in [0.2, 0.25) is 0 Å². The summed E-state index contributed by atoms with van der Waals surface area (Å²) in [6.07, 6.45) is 0. The van der Waals surface area contributed by atoms with Crippen molar-refractivity contribution < 1.29 is 9.53 Å². The van der Waals surface area contributed by atoms with Crippen LogP contribution in [0.5, 0.6) is 0 Å². The standard InChI is InChI=1S/C14H13Br2NO2S/c1-2-19-14(18)12(13-11(16)7-8-20-13)17-10-5-3-9(15)4-6-10/h3-8,12,17H,2H2,1H3. The van der Waals surface area contributed by atoms with Gasteiger partial charge in [0.1, 0.15) is 0 Å². The van der Waals surface area contributed by atoms with Crippen LogP contribution >= 0.6 is 43.2 Å². The second kappa shape index (κ2) is 7.24. The minimum atomic E-state index is -0.509. The van der Waals surface area contributed by atoms with Crippen LogP contribution in [0.3, 0.4) is 0 Å². The quantitative estimate of drug-likeness (QED) is 0.695. The molecule has 1 atom stereocenters. The first-order valence-electron chi connectivity index (χ1n) is 6.03. The fourth-order valence-electron chi connectivity index (χ4n) is 1.68. The second-order valence-corrected chi connectivity index (χ2v) is 6.69. The Balaban J connectivity index is 2.25. The van der Waals surface area contributed by atoms with E-state index in [0.29, 0.717) is 6.61 Å². The molecule has 0 bridgehead atoms. The Bertz CT molecular complexity index is 583. The van der Waals surface area contributed by atoms with Crippen LogP contribution in [0.1, 0.15) is 17.8 Å². The molecule has 1 aromatic heterocycles. The van der Waals surface area contributed by atoms with Crippen molar-refractivity contribution in [2.75, 3.05) is 11.9 Å². The molecule has 1 unspecified atom stereocenters. The van der Waals surface area contributed by atoms with Gasteiger partial charge in [-0.2, -0.15) is 0 Å². The molecule has 1 N–H and O–H groups in total. The molecule has 0 amide bonds. The highest BCUT2D eigenvalue weighted by molar-refractivity contribution is 9.10. The zero-order chi connectivity index (χ0) is 14.5. The molecule has 6 heteroatoms. The zero-order valence-corrected chi connectivity index (χ0v) is 14.7. The average Bonchev–Trinajstić information content (AvgIpc) is 2.84.